The molecule has 3 N–H and O–H groups in total. The van der Waals surface area contributed by atoms with E-state index in [1.54, 1.807) is 38.1 Å². The van der Waals surface area contributed by atoms with Gasteiger partial charge in [-0.15, -0.1) is 0 Å². The van der Waals surface area contributed by atoms with Crippen LogP contribution in [0.25, 0.3) is 0 Å². The van der Waals surface area contributed by atoms with Crippen LogP contribution in [0.3, 0.4) is 0 Å². The van der Waals surface area contributed by atoms with E-state index in [2.05, 4.69) is 0 Å². The molecule has 0 amide bonds. The van der Waals surface area contributed by atoms with Gasteiger partial charge >= 0.3 is 5.97 Å². The molecule has 0 fully saturated rings. The summed E-state index contributed by atoms with van der Waals surface area (Å²) < 4.78 is 10.4. The Labute approximate surface area is 113 Å². The van der Waals surface area contributed by atoms with Crippen molar-refractivity contribution in [2.45, 2.75) is 32.4 Å². The van der Waals surface area contributed by atoms with E-state index in [1.807, 2.05) is 0 Å². The molecule has 0 aromatic heterocycles. The molecular formula is C14H21NO4. The average molecular weight is 267 g/mol. The maximum atomic E-state index is 11.6. The number of hydrogen-bond donors (Lipinski definition) is 2. The first kappa shape index (κ1) is 15.5. The summed E-state index contributed by atoms with van der Waals surface area (Å²) in [5.74, 6) is 0.256. The summed E-state index contributed by atoms with van der Waals surface area (Å²) in [4.78, 5) is 11.6. The summed E-state index contributed by atoms with van der Waals surface area (Å²) in [6.07, 6.45) is 0.369. The van der Waals surface area contributed by atoms with Gasteiger partial charge in [0.1, 0.15) is 11.3 Å². The van der Waals surface area contributed by atoms with Gasteiger partial charge in [0, 0.05) is 6.42 Å². The largest absolute Gasteiger partial charge is 0.494 e. The fourth-order valence-electron chi connectivity index (χ4n) is 1.47. The first-order chi connectivity index (χ1) is 8.99. The van der Waals surface area contributed by atoms with Crippen LogP contribution in [0.2, 0.25) is 0 Å². The number of carbonyl (C=O) groups excluding carboxylic acids is 1. The second kappa shape index (κ2) is 7.11. The first-order valence-electron chi connectivity index (χ1n) is 6.28. The molecule has 0 aliphatic carbocycles. The molecular weight excluding hydrogens is 246 g/mol. The Morgan fingerprint density at radius 2 is 2.00 bits per heavy atom. The van der Waals surface area contributed by atoms with E-state index in [1.165, 1.54) is 0 Å². The van der Waals surface area contributed by atoms with Crippen LogP contribution in [0.5, 0.6) is 5.75 Å². The summed E-state index contributed by atoms with van der Waals surface area (Å²) in [7, 11) is 0. The van der Waals surface area contributed by atoms with Gasteiger partial charge in [0.25, 0.3) is 0 Å². The van der Waals surface area contributed by atoms with E-state index >= 15 is 0 Å². The van der Waals surface area contributed by atoms with Gasteiger partial charge in [-0.1, -0.05) is 12.1 Å². The van der Waals surface area contributed by atoms with Crippen molar-refractivity contribution in [1.82, 2.24) is 0 Å². The number of carbonyl (C=O) groups is 1. The summed E-state index contributed by atoms with van der Waals surface area (Å²) in [6, 6.07) is 7.10. The lowest BCUT2D eigenvalue weighted by molar-refractivity contribution is -0.149. The number of rotatable bonds is 7. The van der Waals surface area contributed by atoms with Crippen LogP contribution in [0.1, 0.15) is 25.8 Å². The highest BCUT2D eigenvalue weighted by Gasteiger charge is 2.29. The highest BCUT2D eigenvalue weighted by Crippen LogP contribution is 2.14. The van der Waals surface area contributed by atoms with Gasteiger partial charge < -0.3 is 20.3 Å². The Balaban J connectivity index is 2.42. The molecule has 0 saturated carbocycles. The molecule has 1 atom stereocenters. The smallest absolute Gasteiger partial charge is 0.325 e. The zero-order chi connectivity index (χ0) is 14.3. The fourth-order valence-corrected chi connectivity index (χ4v) is 1.47. The van der Waals surface area contributed by atoms with Crippen LogP contribution in [0.15, 0.2) is 24.3 Å². The molecule has 1 aromatic rings. The Morgan fingerprint density at radius 3 is 2.53 bits per heavy atom. The van der Waals surface area contributed by atoms with Gasteiger partial charge in [-0.3, -0.25) is 4.79 Å². The Hall–Kier alpha value is -1.59. The number of nitrogens with two attached hydrogens (primary N) is 1. The quantitative estimate of drug-likeness (QED) is 0.726. The molecule has 0 saturated heterocycles. The van der Waals surface area contributed by atoms with Crippen LogP contribution in [-0.4, -0.2) is 29.8 Å². The van der Waals surface area contributed by atoms with Gasteiger partial charge in [-0.2, -0.15) is 0 Å². The van der Waals surface area contributed by atoms with E-state index in [-0.39, 0.29) is 6.61 Å². The molecule has 0 heterocycles. The van der Waals surface area contributed by atoms with Crippen molar-refractivity contribution in [1.29, 1.82) is 0 Å². The monoisotopic (exact) mass is 267 g/mol. The van der Waals surface area contributed by atoms with E-state index in [9.17, 15) is 4.79 Å². The van der Waals surface area contributed by atoms with Crippen molar-refractivity contribution in [3.63, 3.8) is 0 Å². The van der Waals surface area contributed by atoms with Crippen molar-refractivity contribution < 1.29 is 19.4 Å². The number of ether oxygens (including phenoxy) is 2. The molecule has 0 radical (unpaired) electrons. The number of aliphatic hydroxyl groups is 1. The van der Waals surface area contributed by atoms with Gasteiger partial charge in [0.2, 0.25) is 0 Å². The molecule has 5 heteroatoms. The SMILES string of the molecule is CCOC(=O)C(C)(N)CCOc1ccc(CO)cc1. The lowest BCUT2D eigenvalue weighted by Gasteiger charge is -2.22. The molecule has 1 rings (SSSR count). The lowest BCUT2D eigenvalue weighted by Crippen LogP contribution is -2.47. The van der Waals surface area contributed by atoms with E-state index < -0.39 is 11.5 Å². The summed E-state index contributed by atoms with van der Waals surface area (Å²) in [6.45, 7) is 4.01. The molecule has 0 bridgehead atoms. The summed E-state index contributed by atoms with van der Waals surface area (Å²) in [5, 5.41) is 8.91. The average Bonchev–Trinajstić information content (AvgIpc) is 2.39. The minimum Gasteiger partial charge on any atom is -0.494 e. The van der Waals surface area contributed by atoms with Gasteiger partial charge in [-0.05, 0) is 31.5 Å². The molecule has 0 aliphatic heterocycles. The predicted octanol–water partition coefficient (Wildman–Crippen LogP) is 1.23. The molecule has 106 valence electrons. The van der Waals surface area contributed by atoms with Crippen LogP contribution in [-0.2, 0) is 16.1 Å². The van der Waals surface area contributed by atoms with Crippen LogP contribution in [0.4, 0.5) is 0 Å². The van der Waals surface area contributed by atoms with Crippen molar-refractivity contribution in [3.05, 3.63) is 29.8 Å². The van der Waals surface area contributed by atoms with Crippen molar-refractivity contribution in [2.24, 2.45) is 5.73 Å². The standard InChI is InChI=1S/C14H21NO4/c1-3-18-13(17)14(2,15)8-9-19-12-6-4-11(10-16)5-7-12/h4-7,16H,3,8-10,15H2,1-2H3. The second-order valence-corrected chi connectivity index (χ2v) is 4.54. The zero-order valence-electron chi connectivity index (χ0n) is 11.4. The molecule has 19 heavy (non-hydrogen) atoms. The Morgan fingerprint density at radius 1 is 1.37 bits per heavy atom. The minimum absolute atomic E-state index is 0.00398. The number of hydrogen-bond acceptors (Lipinski definition) is 5. The molecule has 0 spiro atoms. The second-order valence-electron chi connectivity index (χ2n) is 4.54. The van der Waals surface area contributed by atoms with Crippen LogP contribution in [0, 0.1) is 0 Å². The van der Waals surface area contributed by atoms with Crippen molar-refractivity contribution in [3.8, 4) is 5.75 Å². The molecule has 1 unspecified atom stereocenters. The third kappa shape index (κ3) is 4.89. The van der Waals surface area contributed by atoms with Crippen LogP contribution < -0.4 is 10.5 Å². The van der Waals surface area contributed by atoms with E-state index in [0.717, 1.165) is 5.56 Å². The minimum atomic E-state index is -1.04. The molecule has 5 nitrogen and oxygen atoms in total. The topological polar surface area (TPSA) is 81.8 Å². The fraction of sp³-hybridized carbons (Fsp3) is 0.500. The van der Waals surface area contributed by atoms with Crippen molar-refractivity contribution in [2.75, 3.05) is 13.2 Å². The normalized spacial score (nSPS) is 13.7. The Bertz CT molecular complexity index is 400. The van der Waals surface area contributed by atoms with E-state index in [0.29, 0.717) is 25.4 Å². The van der Waals surface area contributed by atoms with Gasteiger partial charge in [-0.25, -0.2) is 0 Å². The van der Waals surface area contributed by atoms with Crippen LogP contribution >= 0.6 is 0 Å². The number of benzene rings is 1. The molecule has 1 aromatic carbocycles. The van der Waals surface area contributed by atoms with Gasteiger partial charge in [0.05, 0.1) is 19.8 Å². The van der Waals surface area contributed by atoms with Gasteiger partial charge in [0.15, 0.2) is 0 Å². The van der Waals surface area contributed by atoms with E-state index in [4.69, 9.17) is 20.3 Å². The predicted molar refractivity (Wildman–Crippen MR) is 71.7 cm³/mol. The maximum Gasteiger partial charge on any atom is 0.325 e. The highest BCUT2D eigenvalue weighted by molar-refractivity contribution is 5.79. The summed E-state index contributed by atoms with van der Waals surface area (Å²) >= 11 is 0. The summed E-state index contributed by atoms with van der Waals surface area (Å²) in [5.41, 5.74) is 5.65. The highest BCUT2D eigenvalue weighted by atomic mass is 16.5. The number of aliphatic hydroxyl groups excluding tert-OH is 1. The molecule has 0 aliphatic rings. The first-order valence-corrected chi connectivity index (χ1v) is 6.28. The number of esters is 1. The zero-order valence-corrected chi connectivity index (χ0v) is 11.4. The Kier molecular flexibility index (Phi) is 5.79. The lowest BCUT2D eigenvalue weighted by atomic mass is 10.0. The third-order valence-corrected chi connectivity index (χ3v) is 2.74. The maximum absolute atomic E-state index is 11.6. The third-order valence-electron chi connectivity index (χ3n) is 2.74. The van der Waals surface area contributed by atoms with Crippen molar-refractivity contribution >= 4 is 5.97 Å².